The van der Waals surface area contributed by atoms with Crippen molar-refractivity contribution >= 4 is 11.8 Å². The van der Waals surface area contributed by atoms with Gasteiger partial charge in [-0.15, -0.1) is 0 Å². The van der Waals surface area contributed by atoms with Crippen molar-refractivity contribution in [2.24, 2.45) is 0 Å². The van der Waals surface area contributed by atoms with E-state index in [1.54, 1.807) is 13.0 Å². The molecule has 128 valence electrons. The van der Waals surface area contributed by atoms with E-state index in [-0.39, 0.29) is 24.3 Å². The highest BCUT2D eigenvalue weighted by Gasteiger charge is 2.12. The molecule has 0 saturated heterocycles. The third kappa shape index (κ3) is 5.57. The highest BCUT2D eigenvalue weighted by molar-refractivity contribution is 5.95. The fraction of sp³-hybridized carbons (Fsp3) is 0.368. The smallest absolute Gasteiger partial charge is 0.254 e. The van der Waals surface area contributed by atoms with Crippen LogP contribution in [-0.4, -0.2) is 24.4 Å². The summed E-state index contributed by atoms with van der Waals surface area (Å²) in [6.07, 6.45) is 3.55. The molecule has 0 bridgehead atoms. The van der Waals surface area contributed by atoms with Crippen molar-refractivity contribution in [2.75, 3.05) is 6.54 Å². The van der Waals surface area contributed by atoms with Gasteiger partial charge in [-0.2, -0.15) is 0 Å². The normalized spacial score (nSPS) is 11.8. The van der Waals surface area contributed by atoms with Gasteiger partial charge < -0.3 is 15.1 Å². The molecule has 0 saturated carbocycles. The zero-order chi connectivity index (χ0) is 17.4. The zero-order valence-corrected chi connectivity index (χ0v) is 14.2. The number of amides is 2. The third-order valence-corrected chi connectivity index (χ3v) is 3.86. The van der Waals surface area contributed by atoms with Crippen LogP contribution in [0, 0.1) is 6.92 Å². The topological polar surface area (TPSA) is 71.3 Å². The summed E-state index contributed by atoms with van der Waals surface area (Å²) in [6.45, 7) is 4.03. The Hall–Kier alpha value is -2.56. The first-order chi connectivity index (χ1) is 11.6. The van der Waals surface area contributed by atoms with Crippen LogP contribution in [0.15, 0.2) is 47.1 Å². The molecule has 0 fully saturated rings. The van der Waals surface area contributed by atoms with Crippen LogP contribution in [0.1, 0.15) is 41.4 Å². The van der Waals surface area contributed by atoms with E-state index >= 15 is 0 Å². The van der Waals surface area contributed by atoms with Gasteiger partial charge in [-0.1, -0.05) is 30.3 Å². The Bertz CT molecular complexity index is 664. The minimum absolute atomic E-state index is 0.0558. The number of benzene rings is 1. The van der Waals surface area contributed by atoms with E-state index in [2.05, 4.69) is 22.8 Å². The molecule has 24 heavy (non-hydrogen) atoms. The minimum atomic E-state index is -0.217. The molecule has 0 radical (unpaired) electrons. The fourth-order valence-corrected chi connectivity index (χ4v) is 2.45. The molecule has 0 spiro atoms. The van der Waals surface area contributed by atoms with Gasteiger partial charge in [0.25, 0.3) is 5.91 Å². The van der Waals surface area contributed by atoms with E-state index in [1.165, 1.54) is 11.8 Å². The predicted octanol–water partition coefficient (Wildman–Crippen LogP) is 2.85. The summed E-state index contributed by atoms with van der Waals surface area (Å²) >= 11 is 0. The van der Waals surface area contributed by atoms with Gasteiger partial charge in [0.1, 0.15) is 5.76 Å². The van der Waals surface area contributed by atoms with Gasteiger partial charge in [-0.05, 0) is 38.3 Å². The molecule has 5 nitrogen and oxygen atoms in total. The lowest BCUT2D eigenvalue weighted by molar-refractivity contribution is -0.121. The average Bonchev–Trinajstić information content (AvgIpc) is 3.00. The lowest BCUT2D eigenvalue weighted by Crippen LogP contribution is -2.35. The molecule has 1 aromatic heterocycles. The molecular formula is C19H24N2O3. The van der Waals surface area contributed by atoms with Gasteiger partial charge in [-0.25, -0.2) is 0 Å². The summed E-state index contributed by atoms with van der Waals surface area (Å²) in [7, 11) is 0. The average molecular weight is 328 g/mol. The maximum atomic E-state index is 11.9. The maximum absolute atomic E-state index is 11.9. The second-order valence-corrected chi connectivity index (χ2v) is 5.89. The number of carbonyl (C=O) groups excluding carboxylic acids is 2. The molecule has 0 aliphatic carbocycles. The molecule has 0 aliphatic rings. The Morgan fingerprint density at radius 3 is 2.58 bits per heavy atom. The summed E-state index contributed by atoms with van der Waals surface area (Å²) in [5.41, 5.74) is 1.77. The van der Waals surface area contributed by atoms with Crippen LogP contribution in [0.4, 0.5) is 0 Å². The summed E-state index contributed by atoms with van der Waals surface area (Å²) in [4.78, 5) is 23.8. The van der Waals surface area contributed by atoms with Gasteiger partial charge in [0.15, 0.2) is 0 Å². The van der Waals surface area contributed by atoms with Gasteiger partial charge in [-0.3, -0.25) is 9.59 Å². The first kappa shape index (κ1) is 17.8. The second-order valence-electron chi connectivity index (χ2n) is 5.89. The Balaban J connectivity index is 1.64. The van der Waals surface area contributed by atoms with E-state index in [9.17, 15) is 9.59 Å². The Kier molecular flexibility index (Phi) is 6.61. The van der Waals surface area contributed by atoms with Gasteiger partial charge >= 0.3 is 0 Å². The maximum Gasteiger partial charge on any atom is 0.254 e. The van der Waals surface area contributed by atoms with Crippen molar-refractivity contribution in [3.8, 4) is 0 Å². The highest BCUT2D eigenvalue weighted by Crippen LogP contribution is 2.08. The molecule has 2 rings (SSSR count). The molecule has 1 unspecified atom stereocenters. The zero-order valence-electron chi connectivity index (χ0n) is 14.2. The van der Waals surface area contributed by atoms with Crippen molar-refractivity contribution in [3.63, 3.8) is 0 Å². The quantitative estimate of drug-likeness (QED) is 0.783. The molecule has 1 heterocycles. The van der Waals surface area contributed by atoms with E-state index < -0.39 is 0 Å². The van der Waals surface area contributed by atoms with Crippen molar-refractivity contribution in [1.29, 1.82) is 0 Å². The summed E-state index contributed by atoms with van der Waals surface area (Å²) < 4.78 is 5.09. The van der Waals surface area contributed by atoms with Gasteiger partial charge in [0.05, 0.1) is 11.8 Å². The molecule has 0 aliphatic heterocycles. The number of carbonyl (C=O) groups is 2. The fourth-order valence-electron chi connectivity index (χ4n) is 2.45. The largest absolute Gasteiger partial charge is 0.469 e. The lowest BCUT2D eigenvalue weighted by atomic mass is 10.1. The molecule has 2 amide bonds. The summed E-state index contributed by atoms with van der Waals surface area (Å²) in [5, 5.41) is 5.69. The lowest BCUT2D eigenvalue weighted by Gasteiger charge is -2.14. The Labute approximate surface area is 142 Å². The number of nitrogens with one attached hydrogen (secondary N) is 2. The molecule has 5 heteroatoms. The third-order valence-electron chi connectivity index (χ3n) is 3.86. The number of aryl methyl sites for hydroxylation is 2. The minimum Gasteiger partial charge on any atom is -0.469 e. The first-order valence-electron chi connectivity index (χ1n) is 8.22. The van der Waals surface area contributed by atoms with Crippen molar-refractivity contribution in [3.05, 3.63) is 59.5 Å². The SMILES string of the molecule is Cc1occc1C(=O)NCCC(=O)NC(C)CCc1ccccc1. The predicted molar refractivity (Wildman–Crippen MR) is 92.8 cm³/mol. The summed E-state index contributed by atoms with van der Waals surface area (Å²) in [5.74, 6) is 0.303. The van der Waals surface area contributed by atoms with Crippen LogP contribution < -0.4 is 10.6 Å². The number of furan rings is 1. The van der Waals surface area contributed by atoms with Crippen molar-refractivity contribution < 1.29 is 14.0 Å². The number of hydrogen-bond donors (Lipinski definition) is 2. The van der Waals surface area contributed by atoms with Crippen LogP contribution in [0.2, 0.25) is 0 Å². The van der Waals surface area contributed by atoms with Gasteiger partial charge in [0, 0.05) is 19.0 Å². The molecule has 2 aromatic rings. The molecule has 2 N–H and O–H groups in total. The van der Waals surface area contributed by atoms with Crippen LogP contribution >= 0.6 is 0 Å². The Morgan fingerprint density at radius 1 is 1.17 bits per heavy atom. The van der Waals surface area contributed by atoms with Crippen LogP contribution in [-0.2, 0) is 11.2 Å². The van der Waals surface area contributed by atoms with Crippen molar-refractivity contribution in [2.45, 2.75) is 39.2 Å². The standard InChI is InChI=1S/C19H24N2O3/c1-14(8-9-16-6-4-3-5-7-16)21-18(22)10-12-20-19(23)17-11-13-24-15(17)2/h3-7,11,13-14H,8-10,12H2,1-2H3,(H,20,23)(H,21,22). The molecule has 1 atom stereocenters. The highest BCUT2D eigenvalue weighted by atomic mass is 16.3. The number of rotatable bonds is 8. The number of hydrogen-bond acceptors (Lipinski definition) is 3. The van der Waals surface area contributed by atoms with E-state index in [1.807, 2.05) is 25.1 Å². The van der Waals surface area contributed by atoms with E-state index in [0.29, 0.717) is 17.9 Å². The Morgan fingerprint density at radius 2 is 1.92 bits per heavy atom. The van der Waals surface area contributed by atoms with Gasteiger partial charge in [0.2, 0.25) is 5.91 Å². The van der Waals surface area contributed by atoms with E-state index in [4.69, 9.17) is 4.42 Å². The summed E-state index contributed by atoms with van der Waals surface area (Å²) in [6, 6.07) is 11.9. The molecular weight excluding hydrogens is 304 g/mol. The van der Waals surface area contributed by atoms with Crippen LogP contribution in [0.25, 0.3) is 0 Å². The van der Waals surface area contributed by atoms with Crippen LogP contribution in [0.5, 0.6) is 0 Å². The van der Waals surface area contributed by atoms with Crippen molar-refractivity contribution in [1.82, 2.24) is 10.6 Å². The van der Waals surface area contributed by atoms with Crippen LogP contribution in [0.3, 0.4) is 0 Å². The first-order valence-corrected chi connectivity index (χ1v) is 8.22. The monoisotopic (exact) mass is 328 g/mol. The second kappa shape index (κ2) is 8.91. The van der Waals surface area contributed by atoms with E-state index in [0.717, 1.165) is 12.8 Å². The molecule has 1 aromatic carbocycles.